The van der Waals surface area contributed by atoms with E-state index in [1.54, 1.807) is 0 Å². The Hall–Kier alpha value is -0.520. The summed E-state index contributed by atoms with van der Waals surface area (Å²) in [4.78, 5) is 0. The molecule has 0 aromatic carbocycles. The van der Waals surface area contributed by atoms with Gasteiger partial charge in [-0.25, -0.2) is 0 Å². The standard InChI is InChI=1S/C9H14/c1-2-3-4-5-6-9-7-8-9/h2-4,9H,1,5-8H2. The van der Waals surface area contributed by atoms with Crippen molar-refractivity contribution in [3.63, 3.8) is 0 Å². The molecule has 1 aliphatic rings. The molecule has 0 aromatic heterocycles. The molecule has 0 heteroatoms. The van der Waals surface area contributed by atoms with Crippen LogP contribution in [0.25, 0.3) is 0 Å². The van der Waals surface area contributed by atoms with E-state index in [-0.39, 0.29) is 0 Å². The zero-order valence-electron chi connectivity index (χ0n) is 5.84. The van der Waals surface area contributed by atoms with Gasteiger partial charge >= 0.3 is 0 Å². The Morgan fingerprint density at radius 3 is 2.78 bits per heavy atom. The summed E-state index contributed by atoms with van der Waals surface area (Å²) >= 11 is 0. The van der Waals surface area contributed by atoms with Crippen molar-refractivity contribution in [3.8, 4) is 0 Å². The minimum atomic E-state index is 1.07. The van der Waals surface area contributed by atoms with Crippen LogP contribution in [0.15, 0.2) is 24.8 Å². The van der Waals surface area contributed by atoms with E-state index in [0.29, 0.717) is 0 Å². The predicted octanol–water partition coefficient (Wildman–Crippen LogP) is 2.92. The average molecular weight is 122 g/mol. The summed E-state index contributed by atoms with van der Waals surface area (Å²) < 4.78 is 0. The van der Waals surface area contributed by atoms with E-state index < -0.39 is 0 Å². The molecule has 1 saturated carbocycles. The zero-order valence-corrected chi connectivity index (χ0v) is 5.84. The summed E-state index contributed by atoms with van der Waals surface area (Å²) in [7, 11) is 0. The molecule has 1 rings (SSSR count). The molecular formula is C9H14. The molecule has 50 valence electrons. The van der Waals surface area contributed by atoms with Crippen LogP contribution in [-0.2, 0) is 0 Å². The number of hydrogen-bond donors (Lipinski definition) is 0. The molecule has 0 N–H and O–H groups in total. The van der Waals surface area contributed by atoms with Crippen LogP contribution in [0, 0.1) is 5.92 Å². The average Bonchev–Trinajstić information content (AvgIpc) is 2.63. The molecule has 0 bridgehead atoms. The summed E-state index contributed by atoms with van der Waals surface area (Å²) in [6.45, 7) is 3.61. The van der Waals surface area contributed by atoms with Crippen LogP contribution in [0.5, 0.6) is 0 Å². The Balaban J connectivity index is 1.91. The Kier molecular flexibility index (Phi) is 2.56. The molecule has 0 spiro atoms. The first-order valence-electron chi connectivity index (χ1n) is 3.71. The van der Waals surface area contributed by atoms with E-state index in [1.807, 2.05) is 12.2 Å². The van der Waals surface area contributed by atoms with Gasteiger partial charge in [-0.1, -0.05) is 37.6 Å². The van der Waals surface area contributed by atoms with Crippen LogP contribution in [0.2, 0.25) is 0 Å². The van der Waals surface area contributed by atoms with Gasteiger partial charge in [0.1, 0.15) is 0 Å². The van der Waals surface area contributed by atoms with Crippen molar-refractivity contribution in [2.75, 3.05) is 0 Å². The summed E-state index contributed by atoms with van der Waals surface area (Å²) in [5.41, 5.74) is 0. The topological polar surface area (TPSA) is 0 Å². The van der Waals surface area contributed by atoms with Crippen molar-refractivity contribution in [3.05, 3.63) is 24.8 Å². The highest BCUT2D eigenvalue weighted by atomic mass is 14.2. The van der Waals surface area contributed by atoms with Crippen molar-refractivity contribution in [2.24, 2.45) is 5.92 Å². The number of allylic oxidation sites excluding steroid dienone is 3. The van der Waals surface area contributed by atoms with Crippen molar-refractivity contribution in [1.29, 1.82) is 0 Å². The van der Waals surface area contributed by atoms with Crippen LogP contribution in [0.3, 0.4) is 0 Å². The van der Waals surface area contributed by atoms with E-state index in [9.17, 15) is 0 Å². The SMILES string of the molecule is C=CC=CCCC1CC1. The van der Waals surface area contributed by atoms with Gasteiger partial charge in [0, 0.05) is 0 Å². The lowest BCUT2D eigenvalue weighted by molar-refractivity contribution is 0.742. The molecule has 0 aliphatic heterocycles. The highest BCUT2D eigenvalue weighted by Crippen LogP contribution is 2.33. The minimum Gasteiger partial charge on any atom is -0.0991 e. The Bertz CT molecular complexity index is 107. The van der Waals surface area contributed by atoms with E-state index in [4.69, 9.17) is 0 Å². The molecule has 0 unspecified atom stereocenters. The van der Waals surface area contributed by atoms with Gasteiger partial charge in [-0.05, 0) is 18.8 Å². The molecule has 0 nitrogen and oxygen atoms in total. The summed E-state index contributed by atoms with van der Waals surface area (Å²) in [6, 6.07) is 0. The largest absolute Gasteiger partial charge is 0.0991 e. The Labute approximate surface area is 57.3 Å². The Morgan fingerprint density at radius 1 is 1.44 bits per heavy atom. The molecule has 0 radical (unpaired) electrons. The third-order valence-electron chi connectivity index (χ3n) is 1.71. The summed E-state index contributed by atoms with van der Waals surface area (Å²) in [5.74, 6) is 1.07. The lowest BCUT2D eigenvalue weighted by atomic mass is 10.2. The normalized spacial score (nSPS) is 18.7. The molecule has 0 atom stereocenters. The number of hydrogen-bond acceptors (Lipinski definition) is 0. The minimum absolute atomic E-state index is 1.07. The van der Waals surface area contributed by atoms with Crippen LogP contribution in [0.4, 0.5) is 0 Å². The van der Waals surface area contributed by atoms with E-state index in [0.717, 1.165) is 5.92 Å². The van der Waals surface area contributed by atoms with E-state index in [1.165, 1.54) is 25.7 Å². The molecule has 1 fully saturated rings. The fourth-order valence-electron chi connectivity index (χ4n) is 0.931. The van der Waals surface area contributed by atoms with Crippen LogP contribution in [-0.4, -0.2) is 0 Å². The second kappa shape index (κ2) is 3.49. The van der Waals surface area contributed by atoms with Crippen molar-refractivity contribution >= 4 is 0 Å². The zero-order chi connectivity index (χ0) is 6.53. The molecule has 0 amide bonds. The third-order valence-corrected chi connectivity index (χ3v) is 1.71. The lowest BCUT2D eigenvalue weighted by Gasteiger charge is -1.86. The first-order valence-corrected chi connectivity index (χ1v) is 3.71. The van der Waals surface area contributed by atoms with Crippen molar-refractivity contribution in [1.82, 2.24) is 0 Å². The first-order chi connectivity index (χ1) is 4.43. The maximum Gasteiger partial charge on any atom is -0.0345 e. The molecule has 9 heavy (non-hydrogen) atoms. The van der Waals surface area contributed by atoms with Gasteiger partial charge in [0.15, 0.2) is 0 Å². The van der Waals surface area contributed by atoms with Gasteiger partial charge < -0.3 is 0 Å². The van der Waals surface area contributed by atoms with Crippen molar-refractivity contribution < 1.29 is 0 Å². The van der Waals surface area contributed by atoms with Crippen LogP contribution < -0.4 is 0 Å². The summed E-state index contributed by atoms with van der Waals surface area (Å²) in [5, 5.41) is 0. The fraction of sp³-hybridized carbons (Fsp3) is 0.556. The highest BCUT2D eigenvalue weighted by Gasteiger charge is 2.19. The molecule has 1 aliphatic carbocycles. The van der Waals surface area contributed by atoms with E-state index in [2.05, 4.69) is 12.7 Å². The van der Waals surface area contributed by atoms with Gasteiger partial charge in [0.25, 0.3) is 0 Å². The number of rotatable bonds is 4. The maximum atomic E-state index is 3.61. The van der Waals surface area contributed by atoms with E-state index >= 15 is 0 Å². The Morgan fingerprint density at radius 2 is 2.22 bits per heavy atom. The van der Waals surface area contributed by atoms with Gasteiger partial charge in [-0.15, -0.1) is 0 Å². The molecule has 0 aromatic rings. The predicted molar refractivity (Wildman–Crippen MR) is 41.3 cm³/mol. The van der Waals surface area contributed by atoms with Crippen LogP contribution in [0.1, 0.15) is 25.7 Å². The molecule has 0 saturated heterocycles. The van der Waals surface area contributed by atoms with Crippen LogP contribution >= 0.6 is 0 Å². The van der Waals surface area contributed by atoms with Gasteiger partial charge in [0.2, 0.25) is 0 Å². The van der Waals surface area contributed by atoms with Gasteiger partial charge in [-0.3, -0.25) is 0 Å². The quantitative estimate of drug-likeness (QED) is 0.503. The second-order valence-corrected chi connectivity index (χ2v) is 2.68. The van der Waals surface area contributed by atoms with Gasteiger partial charge in [-0.2, -0.15) is 0 Å². The summed E-state index contributed by atoms with van der Waals surface area (Å²) in [6.07, 6.45) is 11.7. The third kappa shape index (κ3) is 3.12. The first kappa shape index (κ1) is 6.60. The van der Waals surface area contributed by atoms with Gasteiger partial charge in [0.05, 0.1) is 0 Å². The van der Waals surface area contributed by atoms with Crippen molar-refractivity contribution in [2.45, 2.75) is 25.7 Å². The smallest absolute Gasteiger partial charge is 0.0345 e. The molecular weight excluding hydrogens is 108 g/mol. The lowest BCUT2D eigenvalue weighted by Crippen LogP contribution is -1.71. The second-order valence-electron chi connectivity index (χ2n) is 2.68. The monoisotopic (exact) mass is 122 g/mol. The molecule has 0 heterocycles. The maximum absolute atomic E-state index is 3.61. The fourth-order valence-corrected chi connectivity index (χ4v) is 0.931. The highest BCUT2D eigenvalue weighted by molar-refractivity contribution is 4.97.